The minimum absolute atomic E-state index is 0.0787. The molecular formula is C23H21N3O. The number of rotatable bonds is 5. The number of hydrogen-bond donors (Lipinski definition) is 1. The zero-order valence-corrected chi connectivity index (χ0v) is 15.5. The molecule has 1 aromatic heterocycles. The molecule has 1 heterocycles. The van der Waals surface area contributed by atoms with Gasteiger partial charge in [-0.2, -0.15) is 10.5 Å². The van der Waals surface area contributed by atoms with Crippen LogP contribution in [0.4, 0.5) is 0 Å². The predicted octanol–water partition coefficient (Wildman–Crippen LogP) is 4.18. The van der Waals surface area contributed by atoms with Crippen LogP contribution in [0.5, 0.6) is 0 Å². The van der Waals surface area contributed by atoms with Gasteiger partial charge in [0.05, 0.1) is 24.0 Å². The van der Waals surface area contributed by atoms with Crippen molar-refractivity contribution in [3.05, 3.63) is 81.1 Å². The lowest BCUT2D eigenvalue weighted by molar-refractivity contribution is 0.607. The molecule has 27 heavy (non-hydrogen) atoms. The first-order valence-electron chi connectivity index (χ1n) is 9.01. The van der Waals surface area contributed by atoms with Gasteiger partial charge in [0.25, 0.3) is 5.56 Å². The molecule has 0 spiro atoms. The summed E-state index contributed by atoms with van der Waals surface area (Å²) in [5.41, 5.74) is 3.52. The van der Waals surface area contributed by atoms with Crippen LogP contribution in [0, 0.1) is 22.7 Å². The number of aromatic amines is 1. The number of hydrogen-bond acceptors (Lipinski definition) is 3. The average molecular weight is 355 g/mol. The lowest BCUT2D eigenvalue weighted by Crippen LogP contribution is -2.23. The van der Waals surface area contributed by atoms with E-state index < -0.39 is 5.41 Å². The molecule has 3 rings (SSSR count). The zero-order valence-electron chi connectivity index (χ0n) is 15.5. The summed E-state index contributed by atoms with van der Waals surface area (Å²) in [6.07, 6.45) is 1.57. The summed E-state index contributed by atoms with van der Waals surface area (Å²) < 4.78 is 0. The molecule has 0 aliphatic heterocycles. The highest BCUT2D eigenvalue weighted by Gasteiger charge is 2.27. The Hall–Kier alpha value is -3.37. The van der Waals surface area contributed by atoms with Crippen molar-refractivity contribution >= 4 is 10.9 Å². The molecule has 0 aliphatic rings. The molecule has 1 atom stereocenters. The molecule has 1 unspecified atom stereocenters. The number of nitrogens with one attached hydrogen (secondary N) is 1. The Labute approximate surface area is 158 Å². The minimum Gasteiger partial charge on any atom is -0.322 e. The highest BCUT2D eigenvalue weighted by Crippen LogP contribution is 2.30. The molecule has 4 nitrogen and oxygen atoms in total. The molecular weight excluding hydrogens is 334 g/mol. The third-order valence-electron chi connectivity index (χ3n) is 5.02. The summed E-state index contributed by atoms with van der Waals surface area (Å²) >= 11 is 0. The van der Waals surface area contributed by atoms with Crippen LogP contribution in [0.2, 0.25) is 0 Å². The summed E-state index contributed by atoms with van der Waals surface area (Å²) in [7, 11) is 0. The van der Waals surface area contributed by atoms with E-state index in [-0.39, 0.29) is 5.56 Å². The van der Waals surface area contributed by atoms with E-state index >= 15 is 0 Å². The molecule has 1 N–H and O–H groups in total. The van der Waals surface area contributed by atoms with Crippen LogP contribution < -0.4 is 5.56 Å². The third-order valence-corrected chi connectivity index (χ3v) is 5.02. The number of pyridine rings is 1. The number of nitriles is 2. The molecule has 3 aromatic rings. The fraction of sp³-hybridized carbons (Fsp3) is 0.261. The lowest BCUT2D eigenvalue weighted by Gasteiger charge is -2.23. The first-order chi connectivity index (χ1) is 13.0. The molecule has 0 radical (unpaired) electrons. The van der Waals surface area contributed by atoms with Crippen LogP contribution >= 0.6 is 0 Å². The Morgan fingerprint density at radius 3 is 2.56 bits per heavy atom. The van der Waals surface area contributed by atoms with Gasteiger partial charge >= 0.3 is 0 Å². The molecule has 4 heteroatoms. The normalized spacial score (nSPS) is 12.9. The Morgan fingerprint density at radius 1 is 1.07 bits per heavy atom. The summed E-state index contributed by atoms with van der Waals surface area (Å²) in [5.74, 6) is 0. The van der Waals surface area contributed by atoms with Crippen LogP contribution in [0.25, 0.3) is 10.9 Å². The second-order valence-corrected chi connectivity index (χ2v) is 7.05. The van der Waals surface area contributed by atoms with E-state index in [9.17, 15) is 10.1 Å². The van der Waals surface area contributed by atoms with E-state index in [0.717, 1.165) is 33.2 Å². The van der Waals surface area contributed by atoms with Crippen molar-refractivity contribution in [3.63, 3.8) is 0 Å². The molecule has 0 aliphatic carbocycles. The highest BCUT2D eigenvalue weighted by atomic mass is 16.1. The maximum Gasteiger partial charge on any atom is 0.251 e. The molecule has 0 bridgehead atoms. The van der Waals surface area contributed by atoms with E-state index in [2.05, 4.69) is 17.1 Å². The van der Waals surface area contributed by atoms with Crippen molar-refractivity contribution in [3.8, 4) is 12.1 Å². The molecule has 0 fully saturated rings. The number of aryl methyl sites for hydroxylation is 1. The maximum absolute atomic E-state index is 12.1. The van der Waals surface area contributed by atoms with E-state index in [1.54, 1.807) is 0 Å². The van der Waals surface area contributed by atoms with Crippen molar-refractivity contribution in [2.45, 2.75) is 38.5 Å². The van der Waals surface area contributed by atoms with Gasteiger partial charge in [-0.05, 0) is 54.0 Å². The maximum atomic E-state index is 12.1. The van der Waals surface area contributed by atoms with E-state index in [0.29, 0.717) is 19.3 Å². The van der Waals surface area contributed by atoms with Crippen LogP contribution in [0.1, 0.15) is 36.1 Å². The number of aromatic nitrogens is 1. The predicted molar refractivity (Wildman–Crippen MR) is 106 cm³/mol. The summed E-state index contributed by atoms with van der Waals surface area (Å²) in [6.45, 7) is 3.86. The fourth-order valence-electron chi connectivity index (χ4n) is 3.41. The van der Waals surface area contributed by atoms with Gasteiger partial charge in [0.1, 0.15) is 0 Å². The Kier molecular flexibility index (Phi) is 5.10. The topological polar surface area (TPSA) is 80.4 Å². The van der Waals surface area contributed by atoms with Crippen LogP contribution in [0.15, 0.2) is 53.3 Å². The van der Waals surface area contributed by atoms with Gasteiger partial charge in [0.2, 0.25) is 0 Å². The Bertz CT molecular complexity index is 1130. The van der Waals surface area contributed by atoms with Crippen LogP contribution in [-0.4, -0.2) is 4.98 Å². The van der Waals surface area contributed by atoms with Gasteiger partial charge in [-0.15, -0.1) is 0 Å². The molecule has 134 valence electrons. The second-order valence-electron chi connectivity index (χ2n) is 7.05. The molecule has 0 amide bonds. The number of fused-ring (bicyclic) bond motifs is 1. The second kappa shape index (κ2) is 7.48. The SMILES string of the molecule is CCc1cc2ccc(C(C)(C#N)Cc3cccc(CC#N)c3)cc2[nH]c1=O. The lowest BCUT2D eigenvalue weighted by atomic mass is 9.78. The van der Waals surface area contributed by atoms with Gasteiger partial charge < -0.3 is 4.98 Å². The number of benzene rings is 2. The van der Waals surface area contributed by atoms with Gasteiger partial charge in [-0.25, -0.2) is 0 Å². The number of H-pyrrole nitrogens is 1. The summed E-state index contributed by atoms with van der Waals surface area (Å²) in [5, 5.41) is 19.8. The Balaban J connectivity index is 2.01. The molecule has 0 saturated carbocycles. The van der Waals surface area contributed by atoms with Crippen molar-refractivity contribution < 1.29 is 0 Å². The van der Waals surface area contributed by atoms with Crippen molar-refractivity contribution in [2.24, 2.45) is 0 Å². The van der Waals surface area contributed by atoms with Crippen molar-refractivity contribution in [2.75, 3.05) is 0 Å². The van der Waals surface area contributed by atoms with Gasteiger partial charge in [-0.3, -0.25) is 4.79 Å². The quantitative estimate of drug-likeness (QED) is 0.745. The largest absolute Gasteiger partial charge is 0.322 e. The monoisotopic (exact) mass is 355 g/mol. The fourth-order valence-corrected chi connectivity index (χ4v) is 3.41. The van der Waals surface area contributed by atoms with Crippen molar-refractivity contribution in [1.29, 1.82) is 10.5 Å². The van der Waals surface area contributed by atoms with Crippen molar-refractivity contribution in [1.82, 2.24) is 4.98 Å². The van der Waals surface area contributed by atoms with E-state index in [1.165, 1.54) is 0 Å². The molecule has 0 saturated heterocycles. The van der Waals surface area contributed by atoms with Crippen LogP contribution in [0.3, 0.4) is 0 Å². The average Bonchev–Trinajstić information content (AvgIpc) is 2.67. The van der Waals surface area contributed by atoms with Gasteiger partial charge in [-0.1, -0.05) is 43.3 Å². The van der Waals surface area contributed by atoms with Gasteiger partial charge in [0, 0.05) is 11.1 Å². The first kappa shape index (κ1) is 18.4. The highest BCUT2D eigenvalue weighted by molar-refractivity contribution is 5.80. The van der Waals surface area contributed by atoms with Gasteiger partial charge in [0.15, 0.2) is 0 Å². The smallest absolute Gasteiger partial charge is 0.251 e. The number of nitrogens with zero attached hydrogens (tertiary/aromatic N) is 2. The standard InChI is InChI=1S/C23H21N3O/c1-3-18-12-19-7-8-20(13-21(19)26-22(18)27)23(2,15-25)14-17-6-4-5-16(11-17)9-10-24/h4-8,11-13H,3,9,14H2,1-2H3,(H,26,27). The van der Waals surface area contributed by atoms with E-state index in [4.69, 9.17) is 5.26 Å². The zero-order chi connectivity index (χ0) is 19.4. The summed E-state index contributed by atoms with van der Waals surface area (Å²) in [4.78, 5) is 15.1. The summed E-state index contributed by atoms with van der Waals surface area (Å²) in [6, 6.07) is 20.1. The molecule has 2 aromatic carbocycles. The first-order valence-corrected chi connectivity index (χ1v) is 9.01. The minimum atomic E-state index is -0.736. The van der Waals surface area contributed by atoms with E-state index in [1.807, 2.05) is 62.4 Å². The van der Waals surface area contributed by atoms with Crippen LogP contribution in [-0.2, 0) is 24.7 Å². The Morgan fingerprint density at radius 2 is 1.85 bits per heavy atom. The third kappa shape index (κ3) is 3.76.